The molecule has 2 aromatic rings. The highest BCUT2D eigenvalue weighted by Gasteiger charge is 2.45. The van der Waals surface area contributed by atoms with Crippen LogP contribution in [0.1, 0.15) is 78.1 Å². The van der Waals surface area contributed by atoms with Crippen molar-refractivity contribution in [3.8, 4) is 5.69 Å². The second-order valence-corrected chi connectivity index (χ2v) is 11.5. The maximum absolute atomic E-state index is 13.9. The summed E-state index contributed by atoms with van der Waals surface area (Å²) in [6, 6.07) is 4.40. The number of nitrogens with two attached hydrogens (primary N) is 1. The normalized spacial score (nSPS) is 21.0. The second kappa shape index (κ2) is 10.6. The molecule has 39 heavy (non-hydrogen) atoms. The number of likely N-dealkylation sites (N-methyl/N-ethyl adjacent to an activating group) is 1. The fraction of sp³-hybridized carbons (Fsp3) is 0.556. The molecule has 0 unspecified atom stereocenters. The van der Waals surface area contributed by atoms with Crippen molar-refractivity contribution in [2.24, 2.45) is 11.1 Å². The van der Waals surface area contributed by atoms with Crippen molar-refractivity contribution in [2.75, 3.05) is 26.0 Å². The van der Waals surface area contributed by atoms with Crippen LogP contribution in [0.3, 0.4) is 0 Å². The number of alkyl halides is 3. The number of amides is 1. The van der Waals surface area contributed by atoms with E-state index in [9.17, 15) is 27.6 Å². The van der Waals surface area contributed by atoms with Gasteiger partial charge in [0, 0.05) is 18.2 Å². The number of ketones is 1. The number of carbonyl (C=O) groups is 3. The zero-order valence-corrected chi connectivity index (χ0v) is 22.5. The molecule has 0 spiro atoms. The number of primary amides is 1. The van der Waals surface area contributed by atoms with E-state index in [-0.39, 0.29) is 54.4 Å². The molecular formula is C27H34F3N5O4. The van der Waals surface area contributed by atoms with E-state index in [0.717, 1.165) is 4.68 Å². The van der Waals surface area contributed by atoms with Gasteiger partial charge in [-0.2, -0.15) is 18.3 Å². The van der Waals surface area contributed by atoms with Gasteiger partial charge in [0.05, 0.1) is 29.1 Å². The summed E-state index contributed by atoms with van der Waals surface area (Å²) in [6.45, 7) is 3.86. The molecule has 0 saturated heterocycles. The Labute approximate surface area is 224 Å². The quantitative estimate of drug-likeness (QED) is 0.502. The minimum Gasteiger partial charge on any atom is -0.461 e. The first-order valence-electron chi connectivity index (χ1n) is 12.9. The van der Waals surface area contributed by atoms with Gasteiger partial charge in [-0.3, -0.25) is 19.3 Å². The van der Waals surface area contributed by atoms with Gasteiger partial charge in [-0.15, -0.1) is 0 Å². The largest absolute Gasteiger partial charge is 0.461 e. The summed E-state index contributed by atoms with van der Waals surface area (Å²) in [7, 11) is 3.57. The summed E-state index contributed by atoms with van der Waals surface area (Å²) in [5.74, 6) is -1.57. The topological polar surface area (TPSA) is 120 Å². The van der Waals surface area contributed by atoms with E-state index in [1.165, 1.54) is 12.1 Å². The van der Waals surface area contributed by atoms with E-state index in [0.29, 0.717) is 31.4 Å². The summed E-state index contributed by atoms with van der Waals surface area (Å²) in [5.41, 5.74) is 4.50. The number of aromatic nitrogens is 2. The summed E-state index contributed by atoms with van der Waals surface area (Å²) < 4.78 is 48.3. The number of fused-ring (bicyclic) bond motifs is 1. The average Bonchev–Trinajstić information content (AvgIpc) is 3.19. The molecule has 2 aliphatic carbocycles. The number of esters is 1. The minimum absolute atomic E-state index is 0.00464. The zero-order valence-electron chi connectivity index (χ0n) is 22.5. The number of benzene rings is 1. The number of carbonyl (C=O) groups excluding carboxylic acids is 3. The molecule has 0 atom stereocenters. The van der Waals surface area contributed by atoms with Crippen molar-refractivity contribution < 1.29 is 32.3 Å². The third-order valence-corrected chi connectivity index (χ3v) is 7.10. The number of anilines is 1. The number of Topliss-reactive ketones (excluding diaryl/α,β-unsaturated/α-hetero) is 1. The van der Waals surface area contributed by atoms with Gasteiger partial charge in [0.25, 0.3) is 5.91 Å². The third kappa shape index (κ3) is 6.43. The Hall–Kier alpha value is -3.41. The van der Waals surface area contributed by atoms with Gasteiger partial charge in [0.2, 0.25) is 0 Å². The number of nitrogens with one attached hydrogen (secondary N) is 1. The van der Waals surface area contributed by atoms with Crippen molar-refractivity contribution in [2.45, 2.75) is 70.7 Å². The lowest BCUT2D eigenvalue weighted by atomic mass is 9.75. The molecule has 1 aromatic heterocycles. The highest BCUT2D eigenvalue weighted by Crippen LogP contribution is 2.42. The van der Waals surface area contributed by atoms with Crippen LogP contribution in [0.4, 0.5) is 18.9 Å². The van der Waals surface area contributed by atoms with Crippen molar-refractivity contribution in [3.63, 3.8) is 0 Å². The van der Waals surface area contributed by atoms with Gasteiger partial charge in [-0.1, -0.05) is 13.8 Å². The van der Waals surface area contributed by atoms with E-state index in [1.807, 2.05) is 13.8 Å². The standard InChI is InChI=1S/C27H34F3N5O4/c1-26(2)12-20-23(21(36)13-26)24(27(28,29)30)33-35(20)16-7-10-18(25(31)38)19(11-16)32-15-5-8-17(9-6-15)39-22(37)14-34(3)4/h7,10-11,15,17,32H,5-6,8-9,12-14H2,1-4H3,(H2,31,38). The lowest BCUT2D eigenvalue weighted by molar-refractivity contribution is -0.151. The van der Waals surface area contributed by atoms with Crippen LogP contribution in [0, 0.1) is 5.41 Å². The Morgan fingerprint density at radius 3 is 2.44 bits per heavy atom. The predicted octanol–water partition coefficient (Wildman–Crippen LogP) is 3.97. The summed E-state index contributed by atoms with van der Waals surface area (Å²) in [6.07, 6.45) is -2.21. The molecule has 1 heterocycles. The van der Waals surface area contributed by atoms with Gasteiger partial charge >= 0.3 is 12.1 Å². The average molecular weight is 550 g/mol. The predicted molar refractivity (Wildman–Crippen MR) is 138 cm³/mol. The Morgan fingerprint density at radius 1 is 1.18 bits per heavy atom. The van der Waals surface area contributed by atoms with Crippen LogP contribution in [0.5, 0.6) is 0 Å². The highest BCUT2D eigenvalue weighted by atomic mass is 19.4. The molecule has 0 aliphatic heterocycles. The Balaban J connectivity index is 1.61. The minimum atomic E-state index is -4.80. The zero-order chi connectivity index (χ0) is 28.7. The molecule has 3 N–H and O–H groups in total. The highest BCUT2D eigenvalue weighted by molar-refractivity contribution is 6.00. The number of ether oxygens (including phenoxy) is 1. The van der Waals surface area contributed by atoms with Crippen LogP contribution in [0.15, 0.2) is 18.2 Å². The molecule has 1 amide bonds. The maximum atomic E-state index is 13.9. The molecule has 4 rings (SSSR count). The molecule has 12 heteroatoms. The van der Waals surface area contributed by atoms with Gasteiger partial charge < -0.3 is 15.8 Å². The molecule has 1 saturated carbocycles. The van der Waals surface area contributed by atoms with Crippen LogP contribution >= 0.6 is 0 Å². The van der Waals surface area contributed by atoms with Crippen LogP contribution in [-0.4, -0.2) is 65.1 Å². The summed E-state index contributed by atoms with van der Waals surface area (Å²) in [4.78, 5) is 38.7. The van der Waals surface area contributed by atoms with E-state index in [1.54, 1.807) is 25.1 Å². The van der Waals surface area contributed by atoms with Gasteiger partial charge in [-0.25, -0.2) is 4.68 Å². The fourth-order valence-electron chi connectivity index (χ4n) is 5.38. The SMILES string of the molecule is CN(C)CC(=O)OC1CCC(Nc2cc(-n3nc(C(F)(F)F)c4c3CC(C)(C)CC4=O)ccc2C(N)=O)CC1. The third-order valence-electron chi connectivity index (χ3n) is 7.10. The maximum Gasteiger partial charge on any atom is 0.435 e. The van der Waals surface area contributed by atoms with E-state index in [2.05, 4.69) is 10.4 Å². The monoisotopic (exact) mass is 549 g/mol. The van der Waals surface area contributed by atoms with Crippen LogP contribution in [-0.2, 0) is 22.1 Å². The molecule has 1 fully saturated rings. The molecule has 212 valence electrons. The molecule has 0 bridgehead atoms. The van der Waals surface area contributed by atoms with Gasteiger partial charge in [0.1, 0.15) is 6.10 Å². The molecular weight excluding hydrogens is 515 g/mol. The number of hydrogen-bond acceptors (Lipinski definition) is 7. The van der Waals surface area contributed by atoms with E-state index < -0.39 is 34.5 Å². The second-order valence-electron chi connectivity index (χ2n) is 11.5. The molecule has 1 aromatic carbocycles. The summed E-state index contributed by atoms with van der Waals surface area (Å²) >= 11 is 0. The van der Waals surface area contributed by atoms with Crippen molar-refractivity contribution in [1.29, 1.82) is 0 Å². The molecule has 2 aliphatic rings. The number of rotatable bonds is 7. The smallest absolute Gasteiger partial charge is 0.435 e. The first-order chi connectivity index (χ1) is 18.1. The van der Waals surface area contributed by atoms with E-state index in [4.69, 9.17) is 10.5 Å². The van der Waals surface area contributed by atoms with Crippen molar-refractivity contribution >= 4 is 23.3 Å². The first-order valence-corrected chi connectivity index (χ1v) is 12.9. The molecule has 9 nitrogen and oxygen atoms in total. The van der Waals surface area contributed by atoms with Crippen LogP contribution < -0.4 is 11.1 Å². The van der Waals surface area contributed by atoms with Crippen molar-refractivity contribution in [1.82, 2.24) is 14.7 Å². The fourth-order valence-corrected chi connectivity index (χ4v) is 5.38. The Morgan fingerprint density at radius 2 is 1.85 bits per heavy atom. The van der Waals surface area contributed by atoms with E-state index >= 15 is 0 Å². The van der Waals surface area contributed by atoms with Crippen LogP contribution in [0.25, 0.3) is 5.69 Å². The summed E-state index contributed by atoms with van der Waals surface area (Å²) in [5, 5.41) is 7.15. The number of halogens is 3. The molecule has 0 radical (unpaired) electrons. The van der Waals surface area contributed by atoms with Gasteiger partial charge in [0.15, 0.2) is 11.5 Å². The lowest BCUT2D eigenvalue weighted by Crippen LogP contribution is -2.34. The Kier molecular flexibility index (Phi) is 7.79. The first kappa shape index (κ1) is 28.6. The van der Waals surface area contributed by atoms with Crippen LogP contribution in [0.2, 0.25) is 0 Å². The van der Waals surface area contributed by atoms with Crippen molar-refractivity contribution in [3.05, 3.63) is 40.7 Å². The number of hydrogen-bond donors (Lipinski definition) is 2. The Bertz CT molecular complexity index is 1280. The lowest BCUT2D eigenvalue weighted by Gasteiger charge is -2.30. The van der Waals surface area contributed by atoms with Gasteiger partial charge in [-0.05, 0) is 69.8 Å². The number of nitrogens with zero attached hydrogens (tertiary/aromatic N) is 3.